The summed E-state index contributed by atoms with van der Waals surface area (Å²) in [5.41, 5.74) is 3.05. The van der Waals surface area contributed by atoms with E-state index in [0.717, 1.165) is 0 Å². The Hall–Kier alpha value is -5.26. The quantitative estimate of drug-likeness (QED) is 0.0440. The summed E-state index contributed by atoms with van der Waals surface area (Å²) in [4.78, 5) is 1.90. The molecule has 0 heterocycles. The third-order valence-electron chi connectivity index (χ3n) is 8.80. The zero-order chi connectivity index (χ0) is 43.4. The smallest absolute Gasteiger partial charge is 0.300 e. The number of rotatable bonds is 16. The average molecular weight is 868 g/mol. The van der Waals surface area contributed by atoms with Crippen LogP contribution in [0.1, 0.15) is 22.3 Å². The van der Waals surface area contributed by atoms with Crippen LogP contribution in [0.15, 0.2) is 135 Å². The van der Waals surface area contributed by atoms with Gasteiger partial charge < -0.3 is 28.4 Å². The Bertz CT molecular complexity index is 2300. The molecular formula is C45H43F4O9S2+. The first-order valence-electron chi connectivity index (χ1n) is 18.1. The molecule has 60 heavy (non-hydrogen) atoms. The number of halogens is 4. The molecule has 0 aliphatic carbocycles. The second kappa shape index (κ2) is 21.3. The molecule has 0 spiro atoms. The van der Waals surface area contributed by atoms with Gasteiger partial charge in [0.25, 0.3) is 0 Å². The Labute approximate surface area is 349 Å². The maximum Gasteiger partial charge on any atom is 0.300 e. The number of benzene rings is 6. The van der Waals surface area contributed by atoms with Gasteiger partial charge in [-0.2, -0.15) is 17.2 Å². The van der Waals surface area contributed by atoms with E-state index in [-0.39, 0.29) is 54.2 Å². The molecule has 1 N–H and O–H groups in total. The van der Waals surface area contributed by atoms with Crippen molar-refractivity contribution in [2.45, 2.75) is 46.0 Å². The molecular weight excluding hydrogens is 825 g/mol. The average Bonchev–Trinajstić information content (AvgIpc) is 3.24. The molecule has 15 heteroatoms. The summed E-state index contributed by atoms with van der Waals surface area (Å²) in [6, 6.07) is 38.9. The van der Waals surface area contributed by atoms with Gasteiger partial charge in [-0.1, -0.05) is 54.6 Å². The molecule has 0 saturated heterocycles. The minimum atomic E-state index is -5.64. The molecule has 0 saturated carbocycles. The lowest BCUT2D eigenvalue weighted by Gasteiger charge is -2.20. The zero-order valence-corrected chi connectivity index (χ0v) is 35.0. The van der Waals surface area contributed by atoms with Gasteiger partial charge in [0.05, 0.1) is 44.4 Å². The maximum absolute atomic E-state index is 14.8. The SMILES string of the molecule is COCc1cc(-c2cc(COC)c(Oc3c(F)c(F)c(S(=O)(=O)O)c(F)c3F)c(COC)c2)cc(COC)c1OC.c1ccc([S+](c2ccccc2)c2ccccc2)cc1. The van der Waals surface area contributed by atoms with E-state index in [1.54, 1.807) is 12.1 Å². The summed E-state index contributed by atoms with van der Waals surface area (Å²) in [7, 11) is 1.58. The molecule has 0 bridgehead atoms. The highest BCUT2D eigenvalue weighted by atomic mass is 32.2. The fourth-order valence-corrected chi connectivity index (χ4v) is 9.11. The lowest BCUT2D eigenvalue weighted by Crippen LogP contribution is -2.12. The van der Waals surface area contributed by atoms with Crippen LogP contribution in [0.5, 0.6) is 17.2 Å². The Kier molecular flexibility index (Phi) is 16.3. The normalized spacial score (nSPS) is 11.3. The van der Waals surface area contributed by atoms with Gasteiger partial charge in [0.2, 0.25) is 17.4 Å². The van der Waals surface area contributed by atoms with Gasteiger partial charge in [0.15, 0.2) is 31.2 Å². The minimum absolute atomic E-state index is 0.0146. The van der Waals surface area contributed by atoms with Crippen LogP contribution in [0.3, 0.4) is 0 Å². The molecule has 0 aromatic heterocycles. The van der Waals surface area contributed by atoms with Crippen LogP contribution >= 0.6 is 0 Å². The standard InChI is InChI=1S/C27H28F4O9S.C18H15S/c1-35-10-16-6-14(7-17(11-36-2)24(16)39-5)15-8-18(12-37-3)25(19(9-15)13-38-4)40-26-20(28)22(30)27(41(32,33)34)23(31)21(26)29;1-4-10-16(11-5-1)19(17-12-6-2-7-13-17)18-14-8-3-9-15-18/h6-9H,10-13H2,1-5H3,(H,32,33,34);1-15H/q;+1. The van der Waals surface area contributed by atoms with Gasteiger partial charge in [-0.25, -0.2) is 8.78 Å². The number of hydrogen-bond acceptors (Lipinski definition) is 8. The van der Waals surface area contributed by atoms with Crippen LogP contribution in [0, 0.1) is 23.3 Å². The molecule has 6 aromatic carbocycles. The predicted octanol–water partition coefficient (Wildman–Crippen LogP) is 10.3. The van der Waals surface area contributed by atoms with Crippen molar-refractivity contribution in [2.24, 2.45) is 0 Å². The summed E-state index contributed by atoms with van der Waals surface area (Å²) < 4.78 is 122. The molecule has 0 fully saturated rings. The molecule has 0 radical (unpaired) electrons. The first-order valence-corrected chi connectivity index (χ1v) is 20.8. The summed E-state index contributed by atoms with van der Waals surface area (Å²) in [6.45, 7) is 0.0619. The lowest BCUT2D eigenvalue weighted by molar-refractivity contribution is 0.173. The van der Waals surface area contributed by atoms with Crippen molar-refractivity contribution in [3.05, 3.63) is 161 Å². The fraction of sp³-hybridized carbons (Fsp3) is 0.200. The van der Waals surface area contributed by atoms with E-state index in [4.69, 9.17) is 33.0 Å². The van der Waals surface area contributed by atoms with Gasteiger partial charge in [-0.15, -0.1) is 0 Å². The first-order chi connectivity index (χ1) is 28.9. The van der Waals surface area contributed by atoms with Crippen molar-refractivity contribution in [1.29, 1.82) is 0 Å². The molecule has 0 aliphatic heterocycles. The fourth-order valence-electron chi connectivity index (χ4n) is 6.37. The Morgan fingerprint density at radius 3 is 1.08 bits per heavy atom. The summed E-state index contributed by atoms with van der Waals surface area (Å²) >= 11 is 0. The Morgan fingerprint density at radius 1 is 0.483 bits per heavy atom. The molecule has 6 rings (SSSR count). The third-order valence-corrected chi connectivity index (χ3v) is 11.9. The predicted molar refractivity (Wildman–Crippen MR) is 219 cm³/mol. The van der Waals surface area contributed by atoms with Gasteiger partial charge in [-0.05, 0) is 71.8 Å². The molecule has 0 amide bonds. The maximum atomic E-state index is 14.8. The second-order valence-corrected chi connectivity index (χ2v) is 16.3. The molecule has 0 aliphatic rings. The Morgan fingerprint density at radius 2 is 0.800 bits per heavy atom. The second-order valence-electron chi connectivity index (χ2n) is 12.9. The van der Waals surface area contributed by atoms with E-state index in [1.165, 1.54) is 50.2 Å². The van der Waals surface area contributed by atoms with E-state index in [0.29, 0.717) is 28.0 Å². The molecule has 0 atom stereocenters. The summed E-state index contributed by atoms with van der Waals surface area (Å²) in [5.74, 6) is -10.3. The van der Waals surface area contributed by atoms with Crippen molar-refractivity contribution in [1.82, 2.24) is 0 Å². The lowest BCUT2D eigenvalue weighted by atomic mass is 9.95. The van der Waals surface area contributed by atoms with Crippen molar-refractivity contribution in [3.63, 3.8) is 0 Å². The summed E-state index contributed by atoms with van der Waals surface area (Å²) in [6.07, 6.45) is 0. The Balaban J connectivity index is 0.000000296. The third kappa shape index (κ3) is 10.7. The van der Waals surface area contributed by atoms with E-state index in [9.17, 15) is 26.0 Å². The highest BCUT2D eigenvalue weighted by Crippen LogP contribution is 2.41. The van der Waals surface area contributed by atoms with Crippen molar-refractivity contribution in [3.8, 4) is 28.4 Å². The highest BCUT2D eigenvalue weighted by Gasteiger charge is 2.34. The summed E-state index contributed by atoms with van der Waals surface area (Å²) in [5, 5.41) is 0. The van der Waals surface area contributed by atoms with Crippen molar-refractivity contribution in [2.75, 3.05) is 35.5 Å². The van der Waals surface area contributed by atoms with Crippen molar-refractivity contribution < 1.29 is 59.0 Å². The topological polar surface area (TPSA) is 110 Å². The van der Waals surface area contributed by atoms with Crippen LogP contribution in [0.25, 0.3) is 11.1 Å². The minimum Gasteiger partial charge on any atom is -0.496 e. The van der Waals surface area contributed by atoms with Crippen molar-refractivity contribution >= 4 is 21.0 Å². The number of methoxy groups -OCH3 is 5. The van der Waals surface area contributed by atoms with Gasteiger partial charge in [0.1, 0.15) is 11.5 Å². The van der Waals surface area contributed by atoms with E-state index >= 15 is 0 Å². The highest BCUT2D eigenvalue weighted by molar-refractivity contribution is 7.97. The molecule has 0 unspecified atom stereocenters. The largest absolute Gasteiger partial charge is 0.496 e. The van der Waals surface area contributed by atoms with Crippen LogP contribution in [-0.4, -0.2) is 48.5 Å². The van der Waals surface area contributed by atoms with Gasteiger partial charge in [-0.3, -0.25) is 4.55 Å². The monoisotopic (exact) mass is 867 g/mol. The van der Waals surface area contributed by atoms with Gasteiger partial charge >= 0.3 is 10.1 Å². The van der Waals surface area contributed by atoms with E-state index in [2.05, 4.69) is 91.0 Å². The molecule has 9 nitrogen and oxygen atoms in total. The molecule has 316 valence electrons. The van der Waals surface area contributed by atoms with Crippen LogP contribution in [-0.2, 0) is 66.4 Å². The van der Waals surface area contributed by atoms with Crippen LogP contribution < -0.4 is 9.47 Å². The molecule has 6 aromatic rings. The number of ether oxygens (including phenoxy) is 6. The van der Waals surface area contributed by atoms with Gasteiger partial charge in [0, 0.05) is 50.7 Å². The van der Waals surface area contributed by atoms with Crippen LogP contribution in [0.2, 0.25) is 0 Å². The van der Waals surface area contributed by atoms with E-state index < -0.39 is 44.0 Å². The number of hydrogen-bond donors (Lipinski definition) is 1. The van der Waals surface area contributed by atoms with Crippen LogP contribution in [0.4, 0.5) is 17.6 Å². The zero-order valence-electron chi connectivity index (χ0n) is 33.3. The van der Waals surface area contributed by atoms with E-state index in [1.807, 2.05) is 12.1 Å². The first kappa shape index (κ1) is 45.8.